The van der Waals surface area contributed by atoms with Crippen LogP contribution in [0.3, 0.4) is 0 Å². The topological polar surface area (TPSA) is 91.8 Å². The normalized spacial score (nSPS) is 25.9. The number of hydrogen-bond acceptors (Lipinski definition) is 4. The molecule has 2 atom stereocenters. The van der Waals surface area contributed by atoms with Gasteiger partial charge in [0.25, 0.3) is 0 Å². The Kier molecular flexibility index (Phi) is 8.32. The van der Waals surface area contributed by atoms with Crippen LogP contribution in [0, 0.1) is 11.8 Å². The van der Waals surface area contributed by atoms with Crippen LogP contribution in [0.2, 0.25) is 0 Å². The first-order valence-corrected chi connectivity index (χ1v) is 16.2. The van der Waals surface area contributed by atoms with Crippen molar-refractivity contribution >= 4 is 21.7 Å². The number of halogens is 7. The standard InChI is InChI=1S/C31H32F7NO5S/c1-2-18-3-11-23(12-4-18)45(43,44)28-15-16-39(26(40)19-5-7-20(8-6-19)27(41)42)25(28)14-9-21-17-22(10-13-24(21)28)29(32,30(33,34)35)31(36,37)38/h3-4,10-13,17,19-20,25H,2,5-9,14-16H2,1H3,(H,41,42). The number of carboxylic acids is 1. The molecule has 1 aliphatic heterocycles. The highest BCUT2D eigenvalue weighted by atomic mass is 32.2. The van der Waals surface area contributed by atoms with Gasteiger partial charge in [0.2, 0.25) is 5.91 Å². The molecule has 2 fully saturated rings. The minimum absolute atomic E-state index is 0.0476. The van der Waals surface area contributed by atoms with Crippen LogP contribution >= 0.6 is 0 Å². The summed E-state index contributed by atoms with van der Waals surface area (Å²) in [6.07, 6.45) is -11.4. The lowest BCUT2D eigenvalue weighted by atomic mass is 9.76. The molecule has 2 aromatic carbocycles. The van der Waals surface area contributed by atoms with Gasteiger partial charge in [0.05, 0.1) is 16.9 Å². The van der Waals surface area contributed by atoms with E-state index in [1.807, 2.05) is 6.92 Å². The lowest BCUT2D eigenvalue weighted by molar-refractivity contribution is -0.348. The number of aryl methyl sites for hydroxylation is 2. The Balaban J connectivity index is 1.62. The van der Waals surface area contributed by atoms with E-state index in [1.54, 1.807) is 12.1 Å². The lowest BCUT2D eigenvalue weighted by Gasteiger charge is -2.44. The monoisotopic (exact) mass is 663 g/mol. The molecule has 0 spiro atoms. The quantitative estimate of drug-likeness (QED) is 0.350. The highest BCUT2D eigenvalue weighted by molar-refractivity contribution is 7.92. The van der Waals surface area contributed by atoms with Gasteiger partial charge in [-0.15, -0.1) is 0 Å². The largest absolute Gasteiger partial charge is 0.481 e. The molecular formula is C31H32F7NO5S. The number of alkyl halides is 7. The average molecular weight is 664 g/mol. The number of carbonyl (C=O) groups is 2. The van der Waals surface area contributed by atoms with E-state index < -0.39 is 62.0 Å². The van der Waals surface area contributed by atoms with Crippen molar-refractivity contribution in [2.45, 2.75) is 92.0 Å². The summed E-state index contributed by atoms with van der Waals surface area (Å²) in [7, 11) is -4.43. The molecule has 1 N–H and O–H groups in total. The molecule has 45 heavy (non-hydrogen) atoms. The number of aliphatic carboxylic acids is 1. The molecular weight excluding hydrogens is 631 g/mol. The first-order chi connectivity index (χ1) is 20.9. The van der Waals surface area contributed by atoms with Gasteiger partial charge >= 0.3 is 24.0 Å². The highest BCUT2D eigenvalue weighted by Crippen LogP contribution is 2.57. The average Bonchev–Trinajstić information content (AvgIpc) is 3.40. The molecule has 2 unspecified atom stereocenters. The number of carboxylic acid groups (broad SMARTS) is 1. The van der Waals surface area contributed by atoms with Crippen molar-refractivity contribution in [3.63, 3.8) is 0 Å². The van der Waals surface area contributed by atoms with E-state index in [9.17, 15) is 49.5 Å². The first kappa shape index (κ1) is 33.2. The van der Waals surface area contributed by atoms with Gasteiger partial charge < -0.3 is 10.0 Å². The number of nitrogens with zero attached hydrogens (tertiary/aromatic N) is 1. The van der Waals surface area contributed by atoms with Crippen LogP contribution in [0.15, 0.2) is 47.4 Å². The molecule has 5 rings (SSSR count). The van der Waals surface area contributed by atoms with Crippen molar-refractivity contribution in [2.24, 2.45) is 11.8 Å². The van der Waals surface area contributed by atoms with Gasteiger partial charge in [-0.1, -0.05) is 37.3 Å². The summed E-state index contributed by atoms with van der Waals surface area (Å²) >= 11 is 0. The number of carbonyl (C=O) groups excluding carboxylic acids is 1. The van der Waals surface area contributed by atoms with Crippen LogP contribution in [0.5, 0.6) is 0 Å². The number of amides is 1. The Morgan fingerprint density at radius 1 is 0.889 bits per heavy atom. The van der Waals surface area contributed by atoms with E-state index in [2.05, 4.69) is 0 Å². The smallest absolute Gasteiger partial charge is 0.435 e. The van der Waals surface area contributed by atoms with Gasteiger partial charge in [-0.2, -0.15) is 26.3 Å². The molecule has 1 saturated heterocycles. The number of likely N-dealkylation sites (tertiary alicyclic amines) is 1. The van der Waals surface area contributed by atoms with Crippen molar-refractivity contribution in [3.05, 3.63) is 64.7 Å². The number of fused-ring (bicyclic) bond motifs is 3. The maximum Gasteiger partial charge on any atom is 0.435 e. The predicted octanol–water partition coefficient (Wildman–Crippen LogP) is 6.65. The summed E-state index contributed by atoms with van der Waals surface area (Å²) in [6, 6.07) is 6.63. The first-order valence-electron chi connectivity index (χ1n) is 14.7. The van der Waals surface area contributed by atoms with Crippen LogP contribution in [-0.4, -0.2) is 55.2 Å². The van der Waals surface area contributed by atoms with Gasteiger partial charge in [-0.3, -0.25) is 9.59 Å². The van der Waals surface area contributed by atoms with E-state index in [-0.39, 0.29) is 73.4 Å². The van der Waals surface area contributed by atoms with Crippen LogP contribution in [0.25, 0.3) is 0 Å². The summed E-state index contributed by atoms with van der Waals surface area (Å²) in [4.78, 5) is 26.5. The zero-order valence-corrected chi connectivity index (χ0v) is 25.0. The Morgan fingerprint density at radius 2 is 1.47 bits per heavy atom. The Morgan fingerprint density at radius 3 is 2.00 bits per heavy atom. The third kappa shape index (κ3) is 5.11. The molecule has 2 aliphatic carbocycles. The molecule has 0 radical (unpaired) electrons. The van der Waals surface area contributed by atoms with E-state index in [0.717, 1.165) is 11.6 Å². The molecule has 6 nitrogen and oxygen atoms in total. The molecule has 3 aliphatic rings. The Bertz CT molecular complexity index is 1570. The Labute approximate surface area is 255 Å². The SMILES string of the molecule is CCc1ccc(S(=O)(=O)C23CCN(C(=O)C4CCC(C(=O)O)CC4)C2CCc2cc(C(F)(C(F)(F)F)C(F)(F)F)ccc23)cc1. The Hall–Kier alpha value is -3.16. The third-order valence-electron chi connectivity index (χ3n) is 9.90. The van der Waals surface area contributed by atoms with Crippen LogP contribution < -0.4 is 0 Å². The van der Waals surface area contributed by atoms with Crippen LogP contribution in [0.1, 0.15) is 67.7 Å². The van der Waals surface area contributed by atoms with Crippen LogP contribution in [-0.2, 0) is 42.7 Å². The van der Waals surface area contributed by atoms with Gasteiger partial charge in [0.15, 0.2) is 9.84 Å². The lowest BCUT2D eigenvalue weighted by Crippen LogP contribution is -2.53. The summed E-state index contributed by atoms with van der Waals surface area (Å²) in [5.41, 5.74) is -6.76. The van der Waals surface area contributed by atoms with Crippen LogP contribution in [0.4, 0.5) is 30.7 Å². The molecule has 1 heterocycles. The second kappa shape index (κ2) is 11.3. The van der Waals surface area contributed by atoms with Gasteiger partial charge in [0.1, 0.15) is 4.75 Å². The molecule has 246 valence electrons. The number of hydrogen-bond donors (Lipinski definition) is 1. The summed E-state index contributed by atoms with van der Waals surface area (Å²) in [5.74, 6) is -2.47. The van der Waals surface area contributed by atoms with Crippen molar-refractivity contribution < 1.29 is 53.8 Å². The van der Waals surface area contributed by atoms with Crippen molar-refractivity contribution in [1.29, 1.82) is 0 Å². The van der Waals surface area contributed by atoms with Crippen molar-refractivity contribution in [2.75, 3.05) is 6.54 Å². The van der Waals surface area contributed by atoms with Gasteiger partial charge in [0, 0.05) is 18.0 Å². The maximum absolute atomic E-state index is 15.0. The van der Waals surface area contributed by atoms with Crippen molar-refractivity contribution in [1.82, 2.24) is 4.90 Å². The van der Waals surface area contributed by atoms with Gasteiger partial charge in [-0.05, 0) is 80.2 Å². The number of rotatable bonds is 6. The molecule has 2 aromatic rings. The fourth-order valence-electron chi connectivity index (χ4n) is 7.43. The van der Waals surface area contributed by atoms with E-state index in [1.165, 1.54) is 17.0 Å². The molecule has 0 bridgehead atoms. The van der Waals surface area contributed by atoms with Gasteiger partial charge in [-0.25, -0.2) is 12.8 Å². The zero-order chi connectivity index (χ0) is 33.2. The fourth-order valence-corrected chi connectivity index (χ4v) is 9.80. The van der Waals surface area contributed by atoms with E-state index in [0.29, 0.717) is 18.6 Å². The molecule has 1 amide bonds. The molecule has 14 heteroatoms. The second-order valence-electron chi connectivity index (χ2n) is 12.1. The summed E-state index contributed by atoms with van der Waals surface area (Å²) in [5, 5.41) is 9.34. The molecule has 1 saturated carbocycles. The summed E-state index contributed by atoms with van der Waals surface area (Å²) < 4.78 is 124. The molecule has 0 aromatic heterocycles. The predicted molar refractivity (Wildman–Crippen MR) is 148 cm³/mol. The summed E-state index contributed by atoms with van der Waals surface area (Å²) in [6.45, 7) is 1.82. The minimum atomic E-state index is -6.34. The zero-order valence-electron chi connectivity index (χ0n) is 24.2. The minimum Gasteiger partial charge on any atom is -0.481 e. The third-order valence-corrected chi connectivity index (χ3v) is 12.4. The van der Waals surface area contributed by atoms with E-state index in [4.69, 9.17) is 0 Å². The highest BCUT2D eigenvalue weighted by Gasteiger charge is 2.74. The maximum atomic E-state index is 15.0. The fraction of sp³-hybridized carbons (Fsp3) is 0.548. The second-order valence-corrected chi connectivity index (χ2v) is 14.3. The number of sulfone groups is 1. The van der Waals surface area contributed by atoms with E-state index >= 15 is 4.39 Å². The van der Waals surface area contributed by atoms with Crippen molar-refractivity contribution in [3.8, 4) is 0 Å². The number of benzene rings is 2.